The highest BCUT2D eigenvalue weighted by molar-refractivity contribution is 6.99. The van der Waals surface area contributed by atoms with Gasteiger partial charge in [-0.1, -0.05) is 81.4 Å². The number of rotatable bonds is 9. The summed E-state index contributed by atoms with van der Waals surface area (Å²) >= 11 is 0. The molecule has 0 radical (unpaired) electrons. The summed E-state index contributed by atoms with van der Waals surface area (Å²) in [6, 6.07) is 21.3. The Labute approximate surface area is 171 Å². The van der Waals surface area contributed by atoms with Gasteiger partial charge < -0.3 is 9.16 Å². The second kappa shape index (κ2) is 10.0. The third kappa shape index (κ3) is 5.33. The Bertz CT molecular complexity index is 683. The van der Waals surface area contributed by atoms with Gasteiger partial charge >= 0.3 is 5.97 Å². The van der Waals surface area contributed by atoms with Gasteiger partial charge in [0.25, 0.3) is 8.32 Å². The van der Waals surface area contributed by atoms with E-state index in [1.54, 1.807) is 0 Å². The summed E-state index contributed by atoms with van der Waals surface area (Å²) in [7, 11) is -2.52. The predicted molar refractivity (Wildman–Crippen MR) is 119 cm³/mol. The van der Waals surface area contributed by atoms with Gasteiger partial charge in [0.15, 0.2) is 0 Å². The van der Waals surface area contributed by atoms with E-state index in [9.17, 15) is 4.79 Å². The lowest BCUT2D eigenvalue weighted by atomic mass is 10.2. The molecule has 1 atom stereocenters. The van der Waals surface area contributed by atoms with Crippen molar-refractivity contribution in [2.75, 3.05) is 6.61 Å². The summed E-state index contributed by atoms with van der Waals surface area (Å²) < 4.78 is 12.0. The molecule has 3 nitrogen and oxygen atoms in total. The molecule has 0 aliphatic carbocycles. The predicted octanol–water partition coefficient (Wildman–Crippen LogP) is 4.68. The molecule has 28 heavy (non-hydrogen) atoms. The summed E-state index contributed by atoms with van der Waals surface area (Å²) in [5.41, 5.74) is 0. The van der Waals surface area contributed by atoms with E-state index in [4.69, 9.17) is 9.16 Å². The highest BCUT2D eigenvalue weighted by Gasteiger charge is 2.50. The van der Waals surface area contributed by atoms with E-state index in [0.29, 0.717) is 13.0 Å². The van der Waals surface area contributed by atoms with E-state index in [0.717, 1.165) is 12.8 Å². The maximum atomic E-state index is 11.7. The van der Waals surface area contributed by atoms with Gasteiger partial charge in [-0.25, -0.2) is 0 Å². The third-order valence-electron chi connectivity index (χ3n) is 5.09. The maximum Gasteiger partial charge on any atom is 0.305 e. The van der Waals surface area contributed by atoms with Crippen LogP contribution in [0, 0.1) is 0 Å². The van der Waals surface area contributed by atoms with Crippen LogP contribution in [-0.4, -0.2) is 27.0 Å². The normalized spacial score (nSPS) is 13.2. The first-order chi connectivity index (χ1) is 13.3. The SMILES string of the molecule is CCOC(=O)CCCC(C)O[Si](c1ccccc1)(c1ccccc1)C(C)(C)C. The lowest BCUT2D eigenvalue weighted by Gasteiger charge is -2.44. The molecule has 1 unspecified atom stereocenters. The molecule has 0 saturated carbocycles. The molecule has 152 valence electrons. The molecule has 0 fully saturated rings. The summed E-state index contributed by atoms with van der Waals surface area (Å²) in [4.78, 5) is 11.7. The van der Waals surface area contributed by atoms with Crippen LogP contribution in [0.15, 0.2) is 60.7 Å². The Kier molecular flexibility index (Phi) is 8.02. The molecule has 0 aromatic heterocycles. The zero-order valence-electron chi connectivity index (χ0n) is 17.9. The van der Waals surface area contributed by atoms with Crippen molar-refractivity contribution in [3.8, 4) is 0 Å². The molecule has 4 heteroatoms. The first-order valence-electron chi connectivity index (χ1n) is 10.3. The smallest absolute Gasteiger partial charge is 0.305 e. The Hall–Kier alpha value is -1.91. The topological polar surface area (TPSA) is 35.5 Å². The first-order valence-corrected chi connectivity index (χ1v) is 12.2. The van der Waals surface area contributed by atoms with Gasteiger partial charge in [0.05, 0.1) is 6.61 Å². The average Bonchev–Trinajstić information content (AvgIpc) is 2.67. The molecule has 0 spiro atoms. The minimum absolute atomic E-state index is 0.0366. The van der Waals surface area contributed by atoms with Crippen molar-refractivity contribution < 1.29 is 14.0 Å². The fourth-order valence-electron chi connectivity index (χ4n) is 3.82. The van der Waals surface area contributed by atoms with Gasteiger partial charge in [-0.15, -0.1) is 0 Å². The highest BCUT2D eigenvalue weighted by atomic mass is 28.4. The third-order valence-corrected chi connectivity index (χ3v) is 10.3. The van der Waals surface area contributed by atoms with Gasteiger partial charge in [-0.2, -0.15) is 0 Å². The van der Waals surface area contributed by atoms with E-state index in [2.05, 4.69) is 88.4 Å². The van der Waals surface area contributed by atoms with Crippen LogP contribution < -0.4 is 10.4 Å². The van der Waals surface area contributed by atoms with Crippen LogP contribution in [0.4, 0.5) is 0 Å². The molecule has 2 aromatic rings. The van der Waals surface area contributed by atoms with Crippen molar-refractivity contribution in [2.24, 2.45) is 0 Å². The minimum atomic E-state index is -2.52. The summed E-state index contributed by atoms with van der Waals surface area (Å²) in [6.45, 7) is 11.3. The Morgan fingerprint density at radius 3 is 1.89 bits per heavy atom. The van der Waals surface area contributed by atoms with Gasteiger partial charge in [0, 0.05) is 12.5 Å². The van der Waals surface area contributed by atoms with Crippen molar-refractivity contribution in [2.45, 2.75) is 65.0 Å². The Morgan fingerprint density at radius 2 is 1.46 bits per heavy atom. The van der Waals surface area contributed by atoms with Crippen LogP contribution in [0.5, 0.6) is 0 Å². The second-order valence-corrected chi connectivity index (χ2v) is 12.5. The van der Waals surface area contributed by atoms with Crippen LogP contribution in [0.1, 0.15) is 53.9 Å². The molecule has 2 aromatic carbocycles. The molecular weight excluding hydrogens is 364 g/mol. The monoisotopic (exact) mass is 398 g/mol. The summed E-state index contributed by atoms with van der Waals surface area (Å²) in [6.07, 6.45) is 2.12. The second-order valence-electron chi connectivity index (χ2n) is 8.29. The van der Waals surface area contributed by atoms with Crippen LogP contribution in [0.2, 0.25) is 5.04 Å². The van der Waals surface area contributed by atoms with Crippen LogP contribution in [0.25, 0.3) is 0 Å². The first kappa shape index (κ1) is 22.4. The summed E-state index contributed by atoms with van der Waals surface area (Å²) in [5.74, 6) is -0.125. The number of carbonyl (C=O) groups is 1. The van der Waals surface area contributed by atoms with Gasteiger partial charge in [0.2, 0.25) is 0 Å². The lowest BCUT2D eigenvalue weighted by Crippen LogP contribution is -2.67. The van der Waals surface area contributed by atoms with E-state index < -0.39 is 8.32 Å². The van der Waals surface area contributed by atoms with Crippen LogP contribution >= 0.6 is 0 Å². The largest absolute Gasteiger partial charge is 0.466 e. The number of hydrogen-bond donors (Lipinski definition) is 0. The van der Waals surface area contributed by atoms with Gasteiger partial charge in [0.1, 0.15) is 0 Å². The van der Waals surface area contributed by atoms with Crippen molar-refractivity contribution in [3.05, 3.63) is 60.7 Å². The lowest BCUT2D eigenvalue weighted by molar-refractivity contribution is -0.143. The number of esters is 1. The molecule has 0 amide bonds. The molecule has 0 aliphatic heterocycles. The molecule has 0 saturated heterocycles. The standard InChI is InChI=1S/C24H34O3Si/c1-6-26-23(25)19-13-14-20(2)27-28(24(3,4)5,21-15-9-7-10-16-21)22-17-11-8-12-18-22/h7-12,15-18,20H,6,13-14,19H2,1-5H3. The molecular formula is C24H34O3Si. The van der Waals surface area contributed by atoms with E-state index in [1.807, 2.05) is 6.92 Å². The zero-order chi connectivity index (χ0) is 20.6. The Morgan fingerprint density at radius 1 is 0.964 bits per heavy atom. The maximum absolute atomic E-state index is 11.7. The van der Waals surface area contributed by atoms with Crippen LogP contribution in [0.3, 0.4) is 0 Å². The molecule has 0 heterocycles. The number of ether oxygens (including phenoxy) is 1. The van der Waals surface area contributed by atoms with Crippen molar-refractivity contribution in [1.29, 1.82) is 0 Å². The molecule has 0 aliphatic rings. The van der Waals surface area contributed by atoms with Gasteiger partial charge in [-0.3, -0.25) is 4.79 Å². The number of benzene rings is 2. The van der Waals surface area contributed by atoms with E-state index in [-0.39, 0.29) is 17.1 Å². The Balaban J connectivity index is 2.32. The van der Waals surface area contributed by atoms with Crippen LogP contribution in [-0.2, 0) is 14.0 Å². The van der Waals surface area contributed by atoms with E-state index >= 15 is 0 Å². The fourth-order valence-corrected chi connectivity index (χ4v) is 8.56. The highest BCUT2D eigenvalue weighted by Crippen LogP contribution is 2.37. The van der Waals surface area contributed by atoms with Crippen molar-refractivity contribution in [1.82, 2.24) is 0 Å². The number of hydrogen-bond acceptors (Lipinski definition) is 3. The van der Waals surface area contributed by atoms with E-state index in [1.165, 1.54) is 10.4 Å². The van der Waals surface area contributed by atoms with Crippen molar-refractivity contribution in [3.63, 3.8) is 0 Å². The summed E-state index contributed by atoms with van der Waals surface area (Å²) in [5, 5.41) is 2.53. The minimum Gasteiger partial charge on any atom is -0.466 e. The van der Waals surface area contributed by atoms with Crippen molar-refractivity contribution >= 4 is 24.7 Å². The fraction of sp³-hybridized carbons (Fsp3) is 0.458. The van der Waals surface area contributed by atoms with Gasteiger partial charge in [-0.05, 0) is 42.1 Å². The quantitative estimate of drug-likeness (QED) is 0.454. The number of carbonyl (C=O) groups excluding carboxylic acids is 1. The molecule has 2 rings (SSSR count). The zero-order valence-corrected chi connectivity index (χ0v) is 18.9. The average molecular weight is 399 g/mol. The molecule has 0 bridgehead atoms. The molecule has 0 N–H and O–H groups in total.